The molecule has 240 valence electrons. The van der Waals surface area contributed by atoms with Crippen molar-refractivity contribution >= 4 is 11.7 Å². The molecule has 4 aliphatic carbocycles. The van der Waals surface area contributed by atoms with Gasteiger partial charge in [0.15, 0.2) is 5.78 Å². The number of fused-ring (bicyclic) bond motifs is 3. The van der Waals surface area contributed by atoms with E-state index in [9.17, 15) is 30.0 Å². The molecule has 6 N–H and O–H groups in total. The number of hydrogen-bond donors (Lipinski definition) is 5. The normalized spacial score (nSPS) is 28.7. The Balaban J connectivity index is 1.40. The van der Waals surface area contributed by atoms with Crippen LogP contribution in [0.1, 0.15) is 66.9 Å². The van der Waals surface area contributed by atoms with Crippen molar-refractivity contribution in [3.05, 3.63) is 75.8 Å². The highest BCUT2D eigenvalue weighted by molar-refractivity contribution is 6.14. The van der Waals surface area contributed by atoms with E-state index in [2.05, 4.69) is 24.1 Å². The van der Waals surface area contributed by atoms with Crippen LogP contribution in [0.2, 0.25) is 0 Å². The Bertz CT molecular complexity index is 1600. The number of carbonyl (C=O) groups is 2. The molecule has 45 heavy (non-hydrogen) atoms. The fourth-order valence-electron chi connectivity index (χ4n) is 8.94. The molecule has 1 saturated carbocycles. The Morgan fingerprint density at radius 1 is 1.02 bits per heavy atom. The number of benzene rings is 2. The number of rotatable bonds is 6. The van der Waals surface area contributed by atoms with E-state index in [1.165, 1.54) is 50.7 Å². The molecule has 0 spiro atoms. The third-order valence-corrected chi connectivity index (χ3v) is 10.9. The van der Waals surface area contributed by atoms with Crippen LogP contribution < -0.4 is 5.73 Å². The lowest BCUT2D eigenvalue weighted by Gasteiger charge is -2.52. The third-order valence-electron chi connectivity index (χ3n) is 10.9. The standard InChI is InChI=1S/C36H45N3O6/c1-36(45)29-25(31(38(2)3)34(43)30(36)35(37)44)17-21-16-24-23(13-14-26(40)28(24)32(41)27(21)33(29)42)20-10-8-9-19(15-20)18-39(4)22-11-6-5-7-12-22/h8-10,13-15,21-22,25,29,31,40,42-43,45H,5-7,11-12,16-18H2,1-4H3,(H2,37,44)/t21?,25?,29?,31-,36?/m0/s1. The summed E-state index contributed by atoms with van der Waals surface area (Å²) in [5.74, 6) is -4.25. The van der Waals surface area contributed by atoms with Gasteiger partial charge in [-0.1, -0.05) is 43.5 Å². The van der Waals surface area contributed by atoms with Crippen LogP contribution >= 0.6 is 0 Å². The number of phenolic OH excluding ortho intramolecular Hbond substituents is 1. The molecule has 9 nitrogen and oxygen atoms in total. The molecule has 0 heterocycles. The number of aliphatic hydroxyl groups is 3. The number of likely N-dealkylation sites (N-methyl/N-ethyl adjacent to an activating group) is 1. The summed E-state index contributed by atoms with van der Waals surface area (Å²) in [6.07, 6.45) is 7.04. The van der Waals surface area contributed by atoms with Crippen LogP contribution in [-0.4, -0.2) is 80.7 Å². The van der Waals surface area contributed by atoms with Gasteiger partial charge in [0.05, 0.1) is 23.1 Å². The molecule has 5 atom stereocenters. The Kier molecular flexibility index (Phi) is 8.08. The van der Waals surface area contributed by atoms with Crippen molar-refractivity contribution in [2.75, 3.05) is 21.1 Å². The number of aliphatic hydroxyl groups excluding tert-OH is 2. The number of hydrogen-bond acceptors (Lipinski definition) is 8. The third kappa shape index (κ3) is 5.15. The predicted molar refractivity (Wildman–Crippen MR) is 172 cm³/mol. The number of nitrogens with zero attached hydrogens (tertiary/aromatic N) is 2. The monoisotopic (exact) mass is 615 g/mol. The van der Waals surface area contributed by atoms with Crippen LogP contribution in [0.4, 0.5) is 0 Å². The number of primary amides is 1. The highest BCUT2D eigenvalue weighted by Gasteiger charge is 2.59. The van der Waals surface area contributed by atoms with Crippen LogP contribution in [-0.2, 0) is 17.8 Å². The molecule has 6 rings (SSSR count). The molecule has 0 bridgehead atoms. The van der Waals surface area contributed by atoms with Gasteiger partial charge in [0.25, 0.3) is 5.91 Å². The molecule has 0 radical (unpaired) electrons. The maximum absolute atomic E-state index is 14.2. The second-order valence-electron chi connectivity index (χ2n) is 14.0. The van der Waals surface area contributed by atoms with Crippen molar-refractivity contribution in [2.45, 2.75) is 76.1 Å². The zero-order valence-corrected chi connectivity index (χ0v) is 26.6. The van der Waals surface area contributed by atoms with Crippen LogP contribution in [0.25, 0.3) is 11.1 Å². The molecule has 2 aromatic carbocycles. The maximum Gasteiger partial charge on any atom is 0.251 e. The number of allylic oxidation sites excluding steroid dienone is 1. The van der Waals surface area contributed by atoms with Crippen molar-refractivity contribution in [1.82, 2.24) is 9.80 Å². The molecule has 2 aromatic rings. The zero-order valence-electron chi connectivity index (χ0n) is 26.6. The molecule has 0 aliphatic heterocycles. The fourth-order valence-corrected chi connectivity index (χ4v) is 8.94. The minimum absolute atomic E-state index is 0.141. The number of ketones is 1. The number of phenols is 1. The van der Waals surface area contributed by atoms with E-state index in [-0.39, 0.29) is 34.0 Å². The van der Waals surface area contributed by atoms with Crippen LogP contribution in [0.3, 0.4) is 0 Å². The van der Waals surface area contributed by atoms with Crippen molar-refractivity contribution in [3.63, 3.8) is 0 Å². The quantitative estimate of drug-likeness (QED) is 0.316. The maximum atomic E-state index is 14.2. The Hall–Kier alpha value is -3.66. The molecule has 1 amide bonds. The van der Waals surface area contributed by atoms with E-state index in [0.29, 0.717) is 18.9 Å². The molecular formula is C36H45N3O6. The summed E-state index contributed by atoms with van der Waals surface area (Å²) in [7, 11) is 5.69. The molecule has 1 fully saturated rings. The van der Waals surface area contributed by atoms with Crippen molar-refractivity contribution < 1.29 is 30.0 Å². The smallest absolute Gasteiger partial charge is 0.251 e. The highest BCUT2D eigenvalue weighted by atomic mass is 16.3. The first-order valence-corrected chi connectivity index (χ1v) is 16.1. The van der Waals surface area contributed by atoms with E-state index in [4.69, 9.17) is 5.73 Å². The Labute approximate surface area is 264 Å². The molecular weight excluding hydrogens is 570 g/mol. The first kappa shape index (κ1) is 31.3. The molecule has 0 aromatic heterocycles. The van der Waals surface area contributed by atoms with Gasteiger partial charge in [-0.3, -0.25) is 19.4 Å². The second-order valence-corrected chi connectivity index (χ2v) is 14.0. The van der Waals surface area contributed by atoms with E-state index in [1.807, 2.05) is 18.2 Å². The van der Waals surface area contributed by atoms with Gasteiger partial charge in [0.2, 0.25) is 0 Å². The van der Waals surface area contributed by atoms with Gasteiger partial charge in [0, 0.05) is 18.2 Å². The topological polar surface area (TPSA) is 148 Å². The number of aromatic hydroxyl groups is 1. The molecule has 0 saturated heterocycles. The SMILES string of the molecule is CN(Cc1cccc(-c2ccc(O)c3c2CC2CC4C(C(O)=C2C3=O)C(C)(O)C(C(N)=O)=C(O)[C@H]4N(C)C)c1)C1CCCCC1. The summed E-state index contributed by atoms with van der Waals surface area (Å²) < 4.78 is 0. The van der Waals surface area contributed by atoms with Gasteiger partial charge in [-0.15, -0.1) is 0 Å². The highest BCUT2D eigenvalue weighted by Crippen LogP contribution is 2.55. The number of nitrogens with two attached hydrogens (primary N) is 1. The van der Waals surface area contributed by atoms with Crippen molar-refractivity contribution in [3.8, 4) is 16.9 Å². The van der Waals surface area contributed by atoms with E-state index < -0.39 is 41.1 Å². The van der Waals surface area contributed by atoms with Gasteiger partial charge < -0.3 is 26.2 Å². The summed E-state index contributed by atoms with van der Waals surface area (Å²) in [6, 6.07) is 11.6. The summed E-state index contributed by atoms with van der Waals surface area (Å²) >= 11 is 0. The van der Waals surface area contributed by atoms with Gasteiger partial charge in [-0.2, -0.15) is 0 Å². The van der Waals surface area contributed by atoms with Crippen molar-refractivity contribution in [1.29, 1.82) is 0 Å². The molecule has 4 unspecified atom stereocenters. The lowest BCUT2D eigenvalue weighted by atomic mass is 9.56. The summed E-state index contributed by atoms with van der Waals surface area (Å²) in [5.41, 5.74) is 7.25. The lowest BCUT2D eigenvalue weighted by Crippen LogP contribution is -2.59. The van der Waals surface area contributed by atoms with E-state index in [0.717, 1.165) is 23.2 Å². The predicted octanol–water partition coefficient (Wildman–Crippen LogP) is 4.62. The average molecular weight is 616 g/mol. The van der Waals surface area contributed by atoms with Crippen molar-refractivity contribution in [2.24, 2.45) is 23.5 Å². The van der Waals surface area contributed by atoms with Crippen LogP contribution in [0.15, 0.2) is 59.1 Å². The zero-order chi connectivity index (χ0) is 32.4. The summed E-state index contributed by atoms with van der Waals surface area (Å²) in [6.45, 7) is 2.17. The van der Waals surface area contributed by atoms with Gasteiger partial charge in [-0.05, 0) is 100.0 Å². The first-order chi connectivity index (χ1) is 21.3. The van der Waals surface area contributed by atoms with E-state index >= 15 is 0 Å². The number of carbonyl (C=O) groups excluding carboxylic acids is 2. The molecule has 9 heteroatoms. The number of amides is 1. The lowest BCUT2D eigenvalue weighted by molar-refractivity contribution is -0.120. The minimum Gasteiger partial charge on any atom is -0.511 e. The minimum atomic E-state index is -2.01. The largest absolute Gasteiger partial charge is 0.511 e. The van der Waals surface area contributed by atoms with E-state index in [1.54, 1.807) is 19.0 Å². The first-order valence-electron chi connectivity index (χ1n) is 16.1. The number of Topliss-reactive ketones (excluding diaryl/α,β-unsaturated/α-hetero) is 1. The average Bonchev–Trinajstić information content (AvgIpc) is 2.96. The fraction of sp³-hybridized carbons (Fsp3) is 0.500. The molecule has 4 aliphatic rings. The van der Waals surface area contributed by atoms with Crippen LogP contribution in [0, 0.1) is 17.8 Å². The van der Waals surface area contributed by atoms with Gasteiger partial charge in [-0.25, -0.2) is 0 Å². The van der Waals surface area contributed by atoms with Gasteiger partial charge >= 0.3 is 0 Å². The summed E-state index contributed by atoms with van der Waals surface area (Å²) in [4.78, 5) is 30.8. The second kappa shape index (κ2) is 11.6. The Morgan fingerprint density at radius 3 is 2.40 bits per heavy atom. The van der Waals surface area contributed by atoms with Gasteiger partial charge in [0.1, 0.15) is 22.9 Å². The Morgan fingerprint density at radius 2 is 1.73 bits per heavy atom. The summed E-state index contributed by atoms with van der Waals surface area (Å²) in [5, 5.41) is 45.6. The van der Waals surface area contributed by atoms with Crippen LogP contribution in [0.5, 0.6) is 5.75 Å².